The summed E-state index contributed by atoms with van der Waals surface area (Å²) in [6.07, 6.45) is 2.43. The first-order valence-corrected chi connectivity index (χ1v) is 11.3. The van der Waals surface area contributed by atoms with Gasteiger partial charge < -0.3 is 15.1 Å². The Morgan fingerprint density at radius 1 is 1.03 bits per heavy atom. The normalized spacial score (nSPS) is 14.4. The number of aryl methyl sites for hydroxylation is 1. The molecule has 0 spiro atoms. The van der Waals surface area contributed by atoms with E-state index in [2.05, 4.69) is 26.5 Å². The van der Waals surface area contributed by atoms with Gasteiger partial charge in [0, 0.05) is 49.8 Å². The molecule has 6 nitrogen and oxygen atoms in total. The molecule has 1 aromatic heterocycles. The van der Waals surface area contributed by atoms with Gasteiger partial charge in [-0.25, -0.2) is 14.2 Å². The minimum absolute atomic E-state index is 0.0691. The average molecular weight is 440 g/mol. The highest BCUT2D eigenvalue weighted by atomic mass is 32.1. The van der Waals surface area contributed by atoms with Gasteiger partial charge in [-0.1, -0.05) is 31.2 Å². The molecule has 2 amide bonds. The van der Waals surface area contributed by atoms with Crippen molar-refractivity contribution in [2.75, 3.05) is 36.4 Å². The zero-order chi connectivity index (χ0) is 21.6. The molecule has 4 rings (SSSR count). The molecule has 0 radical (unpaired) electrons. The fourth-order valence-corrected chi connectivity index (χ4v) is 4.30. The summed E-state index contributed by atoms with van der Waals surface area (Å²) >= 11 is 1.38. The SMILES string of the molecule is CCc1ccc(NC(=O)N2CCCN(c3nc(Cc4ccc(F)cc4)ns3)CC2)cc1. The lowest BCUT2D eigenvalue weighted by molar-refractivity contribution is 0.215. The molecule has 0 aliphatic carbocycles. The molecule has 0 bridgehead atoms. The molecular weight excluding hydrogens is 413 g/mol. The summed E-state index contributed by atoms with van der Waals surface area (Å²) in [5, 5.41) is 3.87. The summed E-state index contributed by atoms with van der Waals surface area (Å²) in [6, 6.07) is 14.3. The van der Waals surface area contributed by atoms with E-state index < -0.39 is 0 Å². The van der Waals surface area contributed by atoms with Gasteiger partial charge in [0.1, 0.15) is 11.6 Å². The van der Waals surface area contributed by atoms with Gasteiger partial charge in [-0.15, -0.1) is 0 Å². The van der Waals surface area contributed by atoms with Gasteiger partial charge in [-0.05, 0) is 48.2 Å². The number of carbonyl (C=O) groups is 1. The summed E-state index contributed by atoms with van der Waals surface area (Å²) in [5.41, 5.74) is 3.05. The molecule has 162 valence electrons. The Morgan fingerprint density at radius 3 is 2.52 bits per heavy atom. The number of rotatable bonds is 5. The van der Waals surface area contributed by atoms with Crippen LogP contribution in [0.5, 0.6) is 0 Å². The molecule has 1 N–H and O–H groups in total. The second-order valence-corrected chi connectivity index (χ2v) is 8.33. The number of amides is 2. The number of carbonyl (C=O) groups excluding carboxylic acids is 1. The predicted octanol–water partition coefficient (Wildman–Crippen LogP) is 4.57. The third-order valence-electron chi connectivity index (χ3n) is 5.40. The second kappa shape index (κ2) is 9.87. The Balaban J connectivity index is 1.32. The molecule has 3 aromatic rings. The Labute approximate surface area is 185 Å². The van der Waals surface area contributed by atoms with E-state index in [-0.39, 0.29) is 11.8 Å². The van der Waals surface area contributed by atoms with Crippen LogP contribution in [0, 0.1) is 5.82 Å². The summed E-state index contributed by atoms with van der Waals surface area (Å²) in [5.74, 6) is 0.493. The van der Waals surface area contributed by atoms with Crippen molar-refractivity contribution < 1.29 is 9.18 Å². The van der Waals surface area contributed by atoms with E-state index in [4.69, 9.17) is 0 Å². The third kappa shape index (κ3) is 5.58. The third-order valence-corrected chi connectivity index (χ3v) is 6.21. The maximum atomic E-state index is 13.1. The molecule has 0 saturated carbocycles. The topological polar surface area (TPSA) is 61.4 Å². The molecule has 1 aliphatic rings. The van der Waals surface area contributed by atoms with Gasteiger partial charge in [0.15, 0.2) is 0 Å². The molecule has 1 fully saturated rings. The molecule has 2 aromatic carbocycles. The van der Waals surface area contributed by atoms with E-state index in [0.29, 0.717) is 26.1 Å². The lowest BCUT2D eigenvalue weighted by Gasteiger charge is -2.22. The number of hydrogen-bond acceptors (Lipinski definition) is 5. The predicted molar refractivity (Wildman–Crippen MR) is 122 cm³/mol. The maximum absolute atomic E-state index is 13.1. The summed E-state index contributed by atoms with van der Waals surface area (Å²) in [6.45, 7) is 5.00. The van der Waals surface area contributed by atoms with Crippen molar-refractivity contribution in [3.63, 3.8) is 0 Å². The van der Waals surface area contributed by atoms with Crippen LogP contribution in [0.1, 0.15) is 30.3 Å². The molecule has 1 saturated heterocycles. The number of halogens is 1. The smallest absolute Gasteiger partial charge is 0.321 e. The van der Waals surface area contributed by atoms with Crippen LogP contribution in [0.2, 0.25) is 0 Å². The molecule has 31 heavy (non-hydrogen) atoms. The van der Waals surface area contributed by atoms with Crippen LogP contribution in [-0.2, 0) is 12.8 Å². The van der Waals surface area contributed by atoms with Crippen LogP contribution in [0.4, 0.5) is 20.0 Å². The minimum Gasteiger partial charge on any atom is -0.345 e. The van der Waals surface area contributed by atoms with Crippen LogP contribution in [0.25, 0.3) is 0 Å². The number of urea groups is 1. The van der Waals surface area contributed by atoms with Crippen molar-refractivity contribution in [3.05, 3.63) is 71.3 Å². The van der Waals surface area contributed by atoms with E-state index in [1.165, 1.54) is 29.2 Å². The van der Waals surface area contributed by atoms with Gasteiger partial charge in [0.05, 0.1) is 0 Å². The lowest BCUT2D eigenvalue weighted by Crippen LogP contribution is -2.38. The fourth-order valence-electron chi connectivity index (χ4n) is 3.57. The van der Waals surface area contributed by atoms with Crippen molar-refractivity contribution in [2.45, 2.75) is 26.2 Å². The van der Waals surface area contributed by atoms with Crippen molar-refractivity contribution in [1.29, 1.82) is 0 Å². The highest BCUT2D eigenvalue weighted by Gasteiger charge is 2.21. The second-order valence-electron chi connectivity index (χ2n) is 7.60. The van der Waals surface area contributed by atoms with Crippen molar-refractivity contribution in [3.8, 4) is 0 Å². The van der Waals surface area contributed by atoms with Crippen molar-refractivity contribution in [2.24, 2.45) is 0 Å². The zero-order valence-corrected chi connectivity index (χ0v) is 18.4. The Bertz CT molecular complexity index is 1010. The number of benzene rings is 2. The minimum atomic E-state index is -0.244. The molecule has 8 heteroatoms. The molecule has 0 atom stereocenters. The van der Waals surface area contributed by atoms with Crippen LogP contribution >= 0.6 is 11.5 Å². The van der Waals surface area contributed by atoms with Gasteiger partial charge in [0.25, 0.3) is 0 Å². The van der Waals surface area contributed by atoms with E-state index in [9.17, 15) is 9.18 Å². The largest absolute Gasteiger partial charge is 0.345 e. The Kier molecular flexibility index (Phi) is 6.76. The zero-order valence-electron chi connectivity index (χ0n) is 17.6. The number of hydrogen-bond donors (Lipinski definition) is 1. The first-order valence-electron chi connectivity index (χ1n) is 10.6. The van der Waals surface area contributed by atoms with Gasteiger partial charge in [0.2, 0.25) is 5.13 Å². The van der Waals surface area contributed by atoms with Crippen LogP contribution in [-0.4, -0.2) is 46.5 Å². The summed E-state index contributed by atoms with van der Waals surface area (Å²) < 4.78 is 17.5. The number of anilines is 2. The van der Waals surface area contributed by atoms with Crippen molar-refractivity contribution in [1.82, 2.24) is 14.3 Å². The highest BCUT2D eigenvalue weighted by Crippen LogP contribution is 2.21. The molecule has 2 heterocycles. The average Bonchev–Trinajstić information content (AvgIpc) is 3.10. The monoisotopic (exact) mass is 439 g/mol. The van der Waals surface area contributed by atoms with Crippen molar-refractivity contribution >= 4 is 28.4 Å². The maximum Gasteiger partial charge on any atom is 0.321 e. The molecule has 1 aliphatic heterocycles. The van der Waals surface area contributed by atoms with Crippen LogP contribution < -0.4 is 10.2 Å². The highest BCUT2D eigenvalue weighted by molar-refractivity contribution is 7.09. The number of aromatic nitrogens is 2. The quantitative estimate of drug-likeness (QED) is 0.632. The summed E-state index contributed by atoms with van der Waals surface area (Å²) in [7, 11) is 0. The fraction of sp³-hybridized carbons (Fsp3) is 0.348. The van der Waals surface area contributed by atoms with Gasteiger partial charge in [-0.2, -0.15) is 4.37 Å². The van der Waals surface area contributed by atoms with Crippen LogP contribution in [0.3, 0.4) is 0 Å². The molecule has 0 unspecified atom stereocenters. The summed E-state index contributed by atoms with van der Waals surface area (Å²) in [4.78, 5) is 21.4. The van der Waals surface area contributed by atoms with Crippen LogP contribution in [0.15, 0.2) is 48.5 Å². The Morgan fingerprint density at radius 2 is 1.77 bits per heavy atom. The van der Waals surface area contributed by atoms with E-state index >= 15 is 0 Å². The van der Waals surface area contributed by atoms with E-state index in [1.54, 1.807) is 12.1 Å². The Hall–Kier alpha value is -3.00. The van der Waals surface area contributed by atoms with Gasteiger partial charge >= 0.3 is 6.03 Å². The van der Waals surface area contributed by atoms with E-state index in [0.717, 1.165) is 41.6 Å². The standard InChI is InChI=1S/C23H26FN5OS/c1-2-17-6-10-20(11-7-17)25-22(30)28-12-3-13-29(15-14-28)23-26-21(27-31-23)16-18-4-8-19(24)9-5-18/h4-11H,2-3,12-16H2,1H3,(H,25,30). The molecular formula is C23H26FN5OS. The first-order chi connectivity index (χ1) is 15.1. The first kappa shape index (κ1) is 21.2. The number of nitrogens with zero attached hydrogens (tertiary/aromatic N) is 4. The number of nitrogens with one attached hydrogen (secondary N) is 1. The van der Waals surface area contributed by atoms with Gasteiger partial charge in [-0.3, -0.25) is 0 Å². The van der Waals surface area contributed by atoms with E-state index in [1.807, 2.05) is 29.2 Å². The lowest BCUT2D eigenvalue weighted by atomic mass is 10.1.